The van der Waals surface area contributed by atoms with Crippen molar-refractivity contribution in [2.24, 2.45) is 17.8 Å². The maximum absolute atomic E-state index is 12.2. The summed E-state index contributed by atoms with van der Waals surface area (Å²) < 4.78 is 52.3. The Bertz CT molecular complexity index is 278. The van der Waals surface area contributed by atoms with Gasteiger partial charge in [0.2, 0.25) is 0 Å². The number of hydrogen-bond donors (Lipinski definition) is 0. The number of rotatable bonds is 3. The SMILES string of the molecule is CC(C)[C@@H]1CC[C@@H](C)C[C@H]1OS(=O)C(F)(F)F. The van der Waals surface area contributed by atoms with Crippen molar-refractivity contribution in [1.82, 2.24) is 0 Å². The zero-order valence-electron chi connectivity index (χ0n) is 10.3. The van der Waals surface area contributed by atoms with Crippen LogP contribution in [-0.4, -0.2) is 15.8 Å². The standard InChI is InChI=1S/C11H19F3O2S/c1-7(2)9-5-4-8(3)6-10(9)16-17(15)11(12,13)14/h7-10H,4-6H2,1-3H3/t8-,9+,10-,17?/m1/s1. The minimum Gasteiger partial charge on any atom is -0.280 e. The molecule has 0 saturated heterocycles. The van der Waals surface area contributed by atoms with Gasteiger partial charge in [0.1, 0.15) is 0 Å². The van der Waals surface area contributed by atoms with Crippen LogP contribution in [0.4, 0.5) is 13.2 Å². The van der Waals surface area contributed by atoms with Gasteiger partial charge in [0, 0.05) is 0 Å². The summed E-state index contributed by atoms with van der Waals surface area (Å²) in [5.74, 6) is 0.649. The Morgan fingerprint density at radius 1 is 1.29 bits per heavy atom. The molecular formula is C11H19F3O2S. The third kappa shape index (κ3) is 4.25. The van der Waals surface area contributed by atoms with Gasteiger partial charge in [-0.3, -0.25) is 4.18 Å². The summed E-state index contributed by atoms with van der Waals surface area (Å²) in [7, 11) is 0. The Morgan fingerprint density at radius 3 is 2.35 bits per heavy atom. The van der Waals surface area contributed by atoms with Crippen LogP contribution in [-0.2, 0) is 15.3 Å². The van der Waals surface area contributed by atoms with Crippen molar-refractivity contribution in [3.05, 3.63) is 0 Å². The third-order valence-electron chi connectivity index (χ3n) is 3.36. The highest BCUT2D eigenvalue weighted by Crippen LogP contribution is 2.37. The molecule has 17 heavy (non-hydrogen) atoms. The molecule has 1 fully saturated rings. The van der Waals surface area contributed by atoms with Crippen molar-refractivity contribution >= 4 is 11.1 Å². The average Bonchev–Trinajstić information content (AvgIpc) is 2.15. The fourth-order valence-corrected chi connectivity index (χ4v) is 2.95. The predicted molar refractivity (Wildman–Crippen MR) is 60.4 cm³/mol. The molecule has 0 aromatic carbocycles. The second kappa shape index (κ2) is 5.69. The van der Waals surface area contributed by atoms with Crippen LogP contribution in [0.5, 0.6) is 0 Å². The summed E-state index contributed by atoms with van der Waals surface area (Å²) in [6.45, 7) is 5.92. The lowest BCUT2D eigenvalue weighted by atomic mass is 9.75. The molecule has 1 aliphatic carbocycles. The molecule has 1 aliphatic rings. The fourth-order valence-electron chi connectivity index (χ4n) is 2.39. The van der Waals surface area contributed by atoms with E-state index in [2.05, 4.69) is 0 Å². The van der Waals surface area contributed by atoms with Gasteiger partial charge in [0.25, 0.3) is 11.1 Å². The van der Waals surface area contributed by atoms with E-state index in [1.807, 2.05) is 20.8 Å². The fraction of sp³-hybridized carbons (Fsp3) is 1.00. The molecule has 0 radical (unpaired) electrons. The third-order valence-corrected chi connectivity index (χ3v) is 4.16. The number of hydrogen-bond acceptors (Lipinski definition) is 2. The van der Waals surface area contributed by atoms with Gasteiger partial charge < -0.3 is 0 Å². The smallest absolute Gasteiger partial charge is 0.280 e. The maximum Gasteiger partial charge on any atom is 0.497 e. The van der Waals surface area contributed by atoms with Gasteiger partial charge in [-0.15, -0.1) is 0 Å². The van der Waals surface area contributed by atoms with Gasteiger partial charge in [-0.1, -0.05) is 27.2 Å². The van der Waals surface area contributed by atoms with Gasteiger partial charge in [-0.25, -0.2) is 4.21 Å². The van der Waals surface area contributed by atoms with Crippen molar-refractivity contribution < 1.29 is 21.6 Å². The summed E-state index contributed by atoms with van der Waals surface area (Å²) in [6, 6.07) is 0. The van der Waals surface area contributed by atoms with Crippen molar-refractivity contribution in [2.45, 2.75) is 51.6 Å². The van der Waals surface area contributed by atoms with Crippen LogP contribution in [0.3, 0.4) is 0 Å². The van der Waals surface area contributed by atoms with E-state index in [0.717, 1.165) is 12.8 Å². The Morgan fingerprint density at radius 2 is 1.88 bits per heavy atom. The molecule has 0 spiro atoms. The molecule has 2 nitrogen and oxygen atoms in total. The molecule has 0 aromatic heterocycles. The summed E-state index contributed by atoms with van der Waals surface area (Å²) in [4.78, 5) is 0. The Hall–Kier alpha value is -0.100. The lowest BCUT2D eigenvalue weighted by molar-refractivity contribution is -0.0559. The van der Waals surface area contributed by atoms with Crippen molar-refractivity contribution in [1.29, 1.82) is 0 Å². The van der Waals surface area contributed by atoms with Gasteiger partial charge in [-0.2, -0.15) is 13.2 Å². The molecule has 0 heterocycles. The lowest BCUT2D eigenvalue weighted by Gasteiger charge is -2.36. The molecule has 1 unspecified atom stereocenters. The van der Waals surface area contributed by atoms with E-state index in [1.165, 1.54) is 0 Å². The number of halogens is 3. The summed E-state index contributed by atoms with van der Waals surface area (Å²) in [6.07, 6.45) is 1.87. The van der Waals surface area contributed by atoms with Crippen LogP contribution in [0, 0.1) is 17.8 Å². The van der Waals surface area contributed by atoms with E-state index in [0.29, 0.717) is 12.3 Å². The molecule has 0 bridgehead atoms. The molecule has 0 amide bonds. The molecule has 0 aromatic rings. The van der Waals surface area contributed by atoms with E-state index in [1.54, 1.807) is 0 Å². The normalized spacial score (nSPS) is 32.8. The summed E-state index contributed by atoms with van der Waals surface area (Å²) in [5, 5.41) is 0. The average molecular weight is 272 g/mol. The minimum atomic E-state index is -4.78. The van der Waals surface area contributed by atoms with Crippen LogP contribution in [0.25, 0.3) is 0 Å². The van der Waals surface area contributed by atoms with E-state index >= 15 is 0 Å². The van der Waals surface area contributed by atoms with Crippen LogP contribution >= 0.6 is 0 Å². The quantitative estimate of drug-likeness (QED) is 0.784. The van der Waals surface area contributed by atoms with Crippen molar-refractivity contribution in [3.8, 4) is 0 Å². The molecule has 1 rings (SSSR count). The molecule has 1 saturated carbocycles. The Balaban J connectivity index is 2.67. The highest BCUT2D eigenvalue weighted by molar-refractivity contribution is 7.81. The maximum atomic E-state index is 12.2. The molecular weight excluding hydrogens is 253 g/mol. The van der Waals surface area contributed by atoms with Gasteiger partial charge in [0.05, 0.1) is 6.10 Å². The molecule has 102 valence electrons. The second-order valence-electron chi connectivity index (χ2n) is 5.14. The Labute approximate surface area is 103 Å². The van der Waals surface area contributed by atoms with E-state index < -0.39 is 22.7 Å². The lowest BCUT2D eigenvalue weighted by Crippen LogP contribution is -2.36. The van der Waals surface area contributed by atoms with Crippen LogP contribution in [0.15, 0.2) is 0 Å². The molecule has 6 heteroatoms. The largest absolute Gasteiger partial charge is 0.497 e. The zero-order chi connectivity index (χ0) is 13.2. The van der Waals surface area contributed by atoms with Crippen LogP contribution < -0.4 is 0 Å². The monoisotopic (exact) mass is 272 g/mol. The first-order valence-corrected chi connectivity index (χ1v) is 6.95. The number of alkyl halides is 3. The van der Waals surface area contributed by atoms with Crippen LogP contribution in [0.1, 0.15) is 40.0 Å². The first-order chi connectivity index (χ1) is 7.71. The topological polar surface area (TPSA) is 26.3 Å². The highest BCUT2D eigenvalue weighted by atomic mass is 32.2. The summed E-state index contributed by atoms with van der Waals surface area (Å²) >= 11 is -3.19. The van der Waals surface area contributed by atoms with Gasteiger partial charge in [-0.05, 0) is 30.6 Å². The van der Waals surface area contributed by atoms with Crippen LogP contribution in [0.2, 0.25) is 0 Å². The predicted octanol–water partition coefficient (Wildman–Crippen LogP) is 3.65. The van der Waals surface area contributed by atoms with E-state index in [4.69, 9.17) is 4.18 Å². The first-order valence-electron chi connectivity index (χ1n) is 5.87. The van der Waals surface area contributed by atoms with E-state index in [-0.39, 0.29) is 11.8 Å². The minimum absolute atomic E-state index is 0.0671. The molecule has 4 atom stereocenters. The second-order valence-corrected chi connectivity index (χ2v) is 6.27. The van der Waals surface area contributed by atoms with Gasteiger partial charge in [0.15, 0.2) is 0 Å². The molecule has 0 aliphatic heterocycles. The van der Waals surface area contributed by atoms with Gasteiger partial charge >= 0.3 is 5.51 Å². The zero-order valence-corrected chi connectivity index (χ0v) is 11.1. The molecule has 0 N–H and O–H groups in total. The van der Waals surface area contributed by atoms with Crippen molar-refractivity contribution in [3.63, 3.8) is 0 Å². The first kappa shape index (κ1) is 15.0. The Kier molecular flexibility index (Phi) is 5.01. The van der Waals surface area contributed by atoms with Crippen molar-refractivity contribution in [2.75, 3.05) is 0 Å². The highest BCUT2D eigenvalue weighted by Gasteiger charge is 2.42. The summed E-state index contributed by atoms with van der Waals surface area (Å²) in [5.41, 5.74) is -4.78. The van der Waals surface area contributed by atoms with E-state index in [9.17, 15) is 17.4 Å².